The number of aromatic nitrogens is 1. The Morgan fingerprint density at radius 2 is 0.930 bits per heavy atom. The van der Waals surface area contributed by atoms with Crippen molar-refractivity contribution in [2.45, 2.75) is 5.41 Å². The summed E-state index contributed by atoms with van der Waals surface area (Å²) in [6.07, 6.45) is 0. The lowest BCUT2D eigenvalue weighted by Crippen LogP contribution is -2.30. The summed E-state index contributed by atoms with van der Waals surface area (Å²) in [4.78, 5) is 2.53. The Morgan fingerprint density at radius 3 is 1.63 bits per heavy atom. The number of hydrogen-bond acceptors (Lipinski definition) is 1. The standard InChI is InChI=1S/C55H38N2/c1-6-21-39(22-7-1)47-37-53-48(45-32-17-19-35-50(45)56(53)42-27-12-4-13-28-42)38-52(47)57(43-29-14-5-15-30-43)51-36-20-33-46-44-31-16-18-34-49(44)55(54(46)51,40-23-8-2-9-24-40)41-25-10-3-11-26-41/h1-38H. The van der Waals surface area contributed by atoms with Crippen molar-refractivity contribution in [1.29, 1.82) is 0 Å². The van der Waals surface area contributed by atoms with Crippen LogP contribution in [0, 0.1) is 0 Å². The van der Waals surface area contributed by atoms with E-state index < -0.39 is 5.41 Å². The molecule has 9 aromatic carbocycles. The van der Waals surface area contributed by atoms with Gasteiger partial charge in [0.05, 0.1) is 27.8 Å². The van der Waals surface area contributed by atoms with Gasteiger partial charge in [0.15, 0.2) is 0 Å². The largest absolute Gasteiger partial charge is 0.309 e. The monoisotopic (exact) mass is 726 g/mol. The average Bonchev–Trinajstić information content (AvgIpc) is 3.79. The van der Waals surface area contributed by atoms with Gasteiger partial charge in [-0.1, -0.05) is 182 Å². The van der Waals surface area contributed by atoms with Crippen molar-refractivity contribution < 1.29 is 0 Å². The lowest BCUT2D eigenvalue weighted by atomic mass is 9.67. The second-order valence-corrected chi connectivity index (χ2v) is 14.8. The van der Waals surface area contributed by atoms with Gasteiger partial charge in [-0.05, 0) is 81.9 Å². The van der Waals surface area contributed by atoms with E-state index in [1.54, 1.807) is 0 Å². The Bertz CT molecular complexity index is 3000. The lowest BCUT2D eigenvalue weighted by Gasteiger charge is -2.38. The van der Waals surface area contributed by atoms with Gasteiger partial charge in [-0.2, -0.15) is 0 Å². The summed E-state index contributed by atoms with van der Waals surface area (Å²) in [6.45, 7) is 0. The quantitative estimate of drug-likeness (QED) is 0.159. The highest BCUT2D eigenvalue weighted by Crippen LogP contribution is 2.60. The van der Waals surface area contributed by atoms with Crippen LogP contribution < -0.4 is 4.90 Å². The third-order valence-corrected chi connectivity index (χ3v) is 11.8. The summed E-state index contributed by atoms with van der Waals surface area (Å²) < 4.78 is 2.42. The van der Waals surface area contributed by atoms with Crippen molar-refractivity contribution in [1.82, 2.24) is 4.57 Å². The molecule has 0 saturated carbocycles. The molecule has 0 aliphatic heterocycles. The van der Waals surface area contributed by atoms with E-state index in [4.69, 9.17) is 0 Å². The summed E-state index contributed by atoms with van der Waals surface area (Å²) in [5.74, 6) is 0. The summed E-state index contributed by atoms with van der Waals surface area (Å²) in [7, 11) is 0. The van der Waals surface area contributed by atoms with E-state index in [1.165, 1.54) is 55.2 Å². The van der Waals surface area contributed by atoms with E-state index in [-0.39, 0.29) is 0 Å². The van der Waals surface area contributed by atoms with Gasteiger partial charge in [0.1, 0.15) is 0 Å². The van der Waals surface area contributed by atoms with Gasteiger partial charge in [-0.15, -0.1) is 0 Å². The number of anilines is 3. The first-order valence-electron chi connectivity index (χ1n) is 19.7. The van der Waals surface area contributed by atoms with E-state index >= 15 is 0 Å². The Hall–Kier alpha value is -7.42. The zero-order valence-electron chi connectivity index (χ0n) is 31.3. The Kier molecular flexibility index (Phi) is 7.75. The van der Waals surface area contributed by atoms with Gasteiger partial charge >= 0.3 is 0 Å². The Balaban J connectivity index is 1.30. The molecule has 1 aromatic heterocycles. The SMILES string of the molecule is c1ccc(-c2cc3c(cc2N(c2ccccc2)c2cccc4c2C(c2ccccc2)(c2ccccc2)c2ccccc2-4)c2ccccc2n3-c2ccccc2)cc1. The highest BCUT2D eigenvalue weighted by Gasteiger charge is 2.48. The van der Waals surface area contributed by atoms with Crippen LogP contribution in [-0.4, -0.2) is 4.57 Å². The molecule has 0 fully saturated rings. The van der Waals surface area contributed by atoms with Gasteiger partial charge in [0.2, 0.25) is 0 Å². The normalized spacial score (nSPS) is 12.7. The van der Waals surface area contributed by atoms with Crippen LogP contribution in [0.4, 0.5) is 17.1 Å². The van der Waals surface area contributed by atoms with Crippen molar-refractivity contribution in [2.75, 3.05) is 4.90 Å². The minimum atomic E-state index is -0.585. The highest BCUT2D eigenvalue weighted by atomic mass is 15.2. The summed E-state index contributed by atoms with van der Waals surface area (Å²) in [5.41, 5.74) is 16.2. The molecule has 0 bridgehead atoms. The molecule has 0 amide bonds. The predicted molar refractivity (Wildman–Crippen MR) is 238 cm³/mol. The zero-order valence-corrected chi connectivity index (χ0v) is 31.3. The average molecular weight is 727 g/mol. The summed E-state index contributed by atoms with van der Waals surface area (Å²) in [5, 5.41) is 2.43. The molecule has 57 heavy (non-hydrogen) atoms. The van der Waals surface area contributed by atoms with Crippen LogP contribution in [0.2, 0.25) is 0 Å². The van der Waals surface area contributed by atoms with Crippen molar-refractivity contribution in [3.05, 3.63) is 253 Å². The number of hydrogen-bond donors (Lipinski definition) is 0. The molecule has 268 valence electrons. The second-order valence-electron chi connectivity index (χ2n) is 14.8. The molecule has 0 N–H and O–H groups in total. The first kappa shape index (κ1) is 33.0. The molecule has 11 rings (SSSR count). The third kappa shape index (κ3) is 5.04. The van der Waals surface area contributed by atoms with Crippen molar-refractivity contribution in [3.8, 4) is 27.9 Å². The number of nitrogens with zero attached hydrogens (tertiary/aromatic N) is 2. The van der Waals surface area contributed by atoms with Crippen LogP contribution in [0.15, 0.2) is 231 Å². The molecule has 2 heteroatoms. The van der Waals surface area contributed by atoms with Crippen LogP contribution in [0.3, 0.4) is 0 Å². The van der Waals surface area contributed by atoms with Gasteiger partial charge in [0, 0.05) is 33.3 Å². The molecule has 2 nitrogen and oxygen atoms in total. The highest BCUT2D eigenvalue weighted by molar-refractivity contribution is 6.13. The van der Waals surface area contributed by atoms with Crippen LogP contribution in [0.1, 0.15) is 22.3 Å². The molecule has 1 heterocycles. The maximum absolute atomic E-state index is 2.53. The van der Waals surface area contributed by atoms with Gasteiger partial charge in [-0.3, -0.25) is 0 Å². The topological polar surface area (TPSA) is 8.17 Å². The van der Waals surface area contributed by atoms with E-state index in [0.29, 0.717) is 0 Å². The van der Waals surface area contributed by atoms with E-state index in [2.05, 4.69) is 240 Å². The molecule has 1 aliphatic carbocycles. The second kappa shape index (κ2) is 13.4. The molecule has 0 spiro atoms. The minimum absolute atomic E-state index is 0.585. The van der Waals surface area contributed by atoms with Gasteiger partial charge < -0.3 is 9.47 Å². The van der Waals surface area contributed by atoms with E-state index in [1.807, 2.05) is 0 Å². The fourth-order valence-corrected chi connectivity index (χ4v) is 9.55. The maximum atomic E-state index is 2.53. The zero-order chi connectivity index (χ0) is 37.8. The molecule has 0 atom stereocenters. The molecular weight excluding hydrogens is 689 g/mol. The first-order valence-corrected chi connectivity index (χ1v) is 19.7. The summed E-state index contributed by atoms with van der Waals surface area (Å²) >= 11 is 0. The molecular formula is C55H38N2. The Labute approximate surface area is 333 Å². The smallest absolute Gasteiger partial charge is 0.0734 e. The fourth-order valence-electron chi connectivity index (χ4n) is 9.55. The molecule has 0 radical (unpaired) electrons. The number of benzene rings is 9. The summed E-state index contributed by atoms with van der Waals surface area (Å²) in [6, 6.07) is 84.4. The van der Waals surface area contributed by atoms with Gasteiger partial charge in [-0.25, -0.2) is 0 Å². The minimum Gasteiger partial charge on any atom is -0.309 e. The van der Waals surface area contributed by atoms with Crippen molar-refractivity contribution >= 4 is 38.9 Å². The van der Waals surface area contributed by atoms with Crippen LogP contribution in [0.5, 0.6) is 0 Å². The molecule has 1 aliphatic rings. The number of fused-ring (bicyclic) bond motifs is 6. The predicted octanol–water partition coefficient (Wildman–Crippen LogP) is 14.3. The fraction of sp³-hybridized carbons (Fsp3) is 0.0182. The Morgan fingerprint density at radius 1 is 0.368 bits per heavy atom. The van der Waals surface area contributed by atoms with Crippen LogP contribution in [-0.2, 0) is 5.41 Å². The molecule has 0 unspecified atom stereocenters. The number of rotatable bonds is 7. The maximum Gasteiger partial charge on any atom is 0.0734 e. The van der Waals surface area contributed by atoms with E-state index in [9.17, 15) is 0 Å². The lowest BCUT2D eigenvalue weighted by molar-refractivity contribution is 0.768. The first-order chi connectivity index (χ1) is 28.3. The van der Waals surface area contributed by atoms with Crippen molar-refractivity contribution in [3.63, 3.8) is 0 Å². The third-order valence-electron chi connectivity index (χ3n) is 11.8. The van der Waals surface area contributed by atoms with Crippen LogP contribution in [0.25, 0.3) is 49.7 Å². The van der Waals surface area contributed by atoms with Gasteiger partial charge in [0.25, 0.3) is 0 Å². The molecule has 0 saturated heterocycles. The van der Waals surface area contributed by atoms with E-state index in [0.717, 1.165) is 33.9 Å². The van der Waals surface area contributed by atoms with Crippen molar-refractivity contribution in [2.24, 2.45) is 0 Å². The molecule has 10 aromatic rings. The number of para-hydroxylation sites is 3. The van der Waals surface area contributed by atoms with Crippen LogP contribution >= 0.6 is 0 Å².